The molecule has 78 valence electrons. The fourth-order valence-corrected chi connectivity index (χ4v) is 1.14. The van der Waals surface area contributed by atoms with Crippen LogP contribution in [0.2, 0.25) is 0 Å². The van der Waals surface area contributed by atoms with Crippen LogP contribution >= 0.6 is 0 Å². The lowest BCUT2D eigenvalue weighted by Gasteiger charge is -2.11. The molecular weight excluding hydrogens is 174 g/mol. The lowest BCUT2D eigenvalue weighted by Crippen LogP contribution is -2.26. The maximum absolute atomic E-state index is 5.75. The Morgan fingerprint density at radius 1 is 1.21 bits per heavy atom. The summed E-state index contributed by atoms with van der Waals surface area (Å²) >= 11 is 0. The summed E-state index contributed by atoms with van der Waals surface area (Å²) in [7, 11) is 0. The Labute approximate surface area is 86.1 Å². The van der Waals surface area contributed by atoms with Crippen LogP contribution in [0.5, 0.6) is 5.75 Å². The summed E-state index contributed by atoms with van der Waals surface area (Å²) in [5.41, 5.74) is 7.08. The van der Waals surface area contributed by atoms with E-state index in [0.717, 1.165) is 18.6 Å². The SMILES string of the molecule is CCc1ccc(OCC(N)CC)cc1. The summed E-state index contributed by atoms with van der Waals surface area (Å²) in [5.74, 6) is 0.908. The monoisotopic (exact) mass is 193 g/mol. The van der Waals surface area contributed by atoms with E-state index in [9.17, 15) is 0 Å². The molecule has 0 saturated carbocycles. The average Bonchev–Trinajstić information content (AvgIpc) is 2.26. The zero-order valence-corrected chi connectivity index (χ0v) is 8.99. The first kappa shape index (κ1) is 11.1. The molecule has 14 heavy (non-hydrogen) atoms. The number of ether oxygens (including phenoxy) is 1. The minimum absolute atomic E-state index is 0.140. The zero-order chi connectivity index (χ0) is 10.4. The summed E-state index contributed by atoms with van der Waals surface area (Å²) in [5, 5.41) is 0. The number of benzene rings is 1. The maximum atomic E-state index is 5.75. The van der Waals surface area contributed by atoms with Gasteiger partial charge in [0.1, 0.15) is 12.4 Å². The normalized spacial score (nSPS) is 12.5. The summed E-state index contributed by atoms with van der Waals surface area (Å²) in [6.45, 7) is 4.80. The van der Waals surface area contributed by atoms with Gasteiger partial charge >= 0.3 is 0 Å². The van der Waals surface area contributed by atoms with E-state index in [4.69, 9.17) is 10.5 Å². The first-order valence-corrected chi connectivity index (χ1v) is 5.23. The highest BCUT2D eigenvalue weighted by molar-refractivity contribution is 5.27. The van der Waals surface area contributed by atoms with Gasteiger partial charge in [-0.1, -0.05) is 26.0 Å². The van der Waals surface area contributed by atoms with E-state index in [1.54, 1.807) is 0 Å². The van der Waals surface area contributed by atoms with Crippen molar-refractivity contribution in [2.75, 3.05) is 6.61 Å². The van der Waals surface area contributed by atoms with Gasteiger partial charge in [0.2, 0.25) is 0 Å². The Balaban J connectivity index is 2.43. The fraction of sp³-hybridized carbons (Fsp3) is 0.500. The average molecular weight is 193 g/mol. The second-order valence-corrected chi connectivity index (χ2v) is 3.48. The molecule has 1 atom stereocenters. The minimum atomic E-state index is 0.140. The second-order valence-electron chi connectivity index (χ2n) is 3.48. The third-order valence-electron chi connectivity index (χ3n) is 2.32. The minimum Gasteiger partial charge on any atom is -0.492 e. The third kappa shape index (κ3) is 3.38. The summed E-state index contributed by atoms with van der Waals surface area (Å²) in [4.78, 5) is 0. The van der Waals surface area contributed by atoms with Gasteiger partial charge in [-0.15, -0.1) is 0 Å². The van der Waals surface area contributed by atoms with Gasteiger partial charge < -0.3 is 10.5 Å². The Morgan fingerprint density at radius 2 is 1.86 bits per heavy atom. The Kier molecular flexibility index (Phi) is 4.47. The van der Waals surface area contributed by atoms with Crippen LogP contribution in [-0.2, 0) is 6.42 Å². The number of aryl methyl sites for hydroxylation is 1. The summed E-state index contributed by atoms with van der Waals surface area (Å²) in [6, 6.07) is 8.32. The van der Waals surface area contributed by atoms with Crippen LogP contribution in [0.4, 0.5) is 0 Å². The molecule has 2 heteroatoms. The van der Waals surface area contributed by atoms with Crippen molar-refractivity contribution in [2.45, 2.75) is 32.7 Å². The number of nitrogens with two attached hydrogens (primary N) is 1. The van der Waals surface area contributed by atoms with Gasteiger partial charge in [-0.3, -0.25) is 0 Å². The van der Waals surface area contributed by atoms with E-state index < -0.39 is 0 Å². The summed E-state index contributed by atoms with van der Waals surface area (Å²) < 4.78 is 5.53. The molecular formula is C12H19NO. The van der Waals surface area contributed by atoms with Gasteiger partial charge in [0.05, 0.1) is 0 Å². The molecule has 0 radical (unpaired) electrons. The molecule has 0 amide bonds. The van der Waals surface area contributed by atoms with Gasteiger partial charge in [0.15, 0.2) is 0 Å². The van der Waals surface area contributed by atoms with Gasteiger partial charge in [0.25, 0.3) is 0 Å². The molecule has 1 unspecified atom stereocenters. The largest absolute Gasteiger partial charge is 0.492 e. The van der Waals surface area contributed by atoms with Gasteiger partial charge in [-0.2, -0.15) is 0 Å². The molecule has 2 nitrogen and oxygen atoms in total. The van der Waals surface area contributed by atoms with Gasteiger partial charge in [-0.05, 0) is 30.5 Å². The molecule has 0 heterocycles. The second kappa shape index (κ2) is 5.66. The highest BCUT2D eigenvalue weighted by atomic mass is 16.5. The van der Waals surface area contributed by atoms with E-state index >= 15 is 0 Å². The van der Waals surface area contributed by atoms with Crippen molar-refractivity contribution in [1.82, 2.24) is 0 Å². The van der Waals surface area contributed by atoms with Crippen molar-refractivity contribution in [1.29, 1.82) is 0 Å². The van der Waals surface area contributed by atoms with E-state index in [-0.39, 0.29) is 6.04 Å². The lowest BCUT2D eigenvalue weighted by molar-refractivity contribution is 0.285. The van der Waals surface area contributed by atoms with Crippen LogP contribution in [0.25, 0.3) is 0 Å². The van der Waals surface area contributed by atoms with Crippen molar-refractivity contribution in [3.8, 4) is 5.75 Å². The first-order valence-electron chi connectivity index (χ1n) is 5.23. The van der Waals surface area contributed by atoms with Crippen molar-refractivity contribution in [3.05, 3.63) is 29.8 Å². The lowest BCUT2D eigenvalue weighted by atomic mass is 10.2. The quantitative estimate of drug-likeness (QED) is 0.779. The number of rotatable bonds is 5. The molecule has 0 spiro atoms. The molecule has 0 aliphatic heterocycles. The van der Waals surface area contributed by atoms with Gasteiger partial charge in [-0.25, -0.2) is 0 Å². The van der Waals surface area contributed by atoms with Crippen LogP contribution in [-0.4, -0.2) is 12.6 Å². The van der Waals surface area contributed by atoms with Crippen molar-refractivity contribution in [2.24, 2.45) is 5.73 Å². The highest BCUT2D eigenvalue weighted by Crippen LogP contribution is 2.12. The Bertz CT molecular complexity index is 256. The Hall–Kier alpha value is -1.02. The standard InChI is InChI=1S/C12H19NO/c1-3-10-5-7-12(8-6-10)14-9-11(13)4-2/h5-8,11H,3-4,9,13H2,1-2H3. The fourth-order valence-electron chi connectivity index (χ4n) is 1.14. The topological polar surface area (TPSA) is 35.2 Å². The predicted molar refractivity (Wildman–Crippen MR) is 59.6 cm³/mol. The van der Waals surface area contributed by atoms with E-state index in [2.05, 4.69) is 26.0 Å². The van der Waals surface area contributed by atoms with Gasteiger partial charge in [0, 0.05) is 6.04 Å². The smallest absolute Gasteiger partial charge is 0.119 e. The Morgan fingerprint density at radius 3 is 2.36 bits per heavy atom. The van der Waals surface area contributed by atoms with Crippen LogP contribution in [0.1, 0.15) is 25.8 Å². The molecule has 0 aromatic heterocycles. The maximum Gasteiger partial charge on any atom is 0.119 e. The summed E-state index contributed by atoms with van der Waals surface area (Å²) in [6.07, 6.45) is 2.02. The molecule has 2 N–H and O–H groups in total. The number of hydrogen-bond donors (Lipinski definition) is 1. The number of hydrogen-bond acceptors (Lipinski definition) is 2. The zero-order valence-electron chi connectivity index (χ0n) is 8.99. The molecule has 0 bridgehead atoms. The molecule has 1 aromatic rings. The molecule has 0 fully saturated rings. The molecule has 0 aliphatic rings. The molecule has 1 aromatic carbocycles. The molecule has 0 saturated heterocycles. The van der Waals surface area contributed by atoms with E-state index in [1.165, 1.54) is 5.56 Å². The van der Waals surface area contributed by atoms with Crippen molar-refractivity contribution in [3.63, 3.8) is 0 Å². The van der Waals surface area contributed by atoms with Crippen LogP contribution in [0, 0.1) is 0 Å². The molecule has 0 aliphatic carbocycles. The molecule has 1 rings (SSSR count). The van der Waals surface area contributed by atoms with Crippen LogP contribution in [0.15, 0.2) is 24.3 Å². The van der Waals surface area contributed by atoms with Crippen LogP contribution < -0.4 is 10.5 Å². The third-order valence-corrected chi connectivity index (χ3v) is 2.32. The predicted octanol–water partition coefficient (Wildman–Crippen LogP) is 2.37. The van der Waals surface area contributed by atoms with E-state index in [1.807, 2.05) is 12.1 Å². The highest BCUT2D eigenvalue weighted by Gasteiger charge is 1.99. The van der Waals surface area contributed by atoms with Crippen LogP contribution in [0.3, 0.4) is 0 Å². The first-order chi connectivity index (χ1) is 6.76. The van der Waals surface area contributed by atoms with Crippen molar-refractivity contribution >= 4 is 0 Å². The van der Waals surface area contributed by atoms with E-state index in [0.29, 0.717) is 6.61 Å². The van der Waals surface area contributed by atoms with Crippen molar-refractivity contribution < 1.29 is 4.74 Å².